The van der Waals surface area contributed by atoms with E-state index in [4.69, 9.17) is 15.6 Å². The Morgan fingerprint density at radius 1 is 1.13 bits per heavy atom. The number of rotatable bonds is 6. The Hall–Kier alpha value is -1.98. The quantitative estimate of drug-likeness (QED) is 0.856. The summed E-state index contributed by atoms with van der Waals surface area (Å²) in [5.74, 6) is -2.69. The highest BCUT2D eigenvalue weighted by atomic mass is 19.3. The van der Waals surface area contributed by atoms with Gasteiger partial charge in [-0.1, -0.05) is 42.5 Å². The van der Waals surface area contributed by atoms with Gasteiger partial charge in [0.25, 0.3) is 5.92 Å². The van der Waals surface area contributed by atoms with E-state index in [1.54, 1.807) is 26.0 Å². The van der Waals surface area contributed by atoms with Gasteiger partial charge in [-0.25, -0.2) is 8.78 Å². The molecule has 0 aliphatic rings. The van der Waals surface area contributed by atoms with Crippen molar-refractivity contribution < 1.29 is 18.6 Å². The summed E-state index contributed by atoms with van der Waals surface area (Å²) < 4.78 is 32.9. The molecule has 0 bridgehead atoms. The monoisotopic (exact) mass is 321 g/mol. The molecule has 2 rings (SSSR count). The fraction of sp³-hybridized carbons (Fsp3) is 0.333. The van der Waals surface area contributed by atoms with Crippen molar-refractivity contribution in [1.29, 1.82) is 0 Å². The van der Waals surface area contributed by atoms with Crippen LogP contribution in [-0.2, 0) is 6.61 Å². The van der Waals surface area contributed by atoms with Crippen molar-refractivity contribution >= 4 is 0 Å². The van der Waals surface area contributed by atoms with Crippen LogP contribution in [0.3, 0.4) is 0 Å². The summed E-state index contributed by atoms with van der Waals surface area (Å²) in [5.41, 5.74) is 8.37. The van der Waals surface area contributed by atoms with Gasteiger partial charge >= 0.3 is 0 Å². The molecule has 23 heavy (non-hydrogen) atoms. The van der Waals surface area contributed by atoms with Crippen molar-refractivity contribution in [3.8, 4) is 5.75 Å². The van der Waals surface area contributed by atoms with E-state index in [1.807, 2.05) is 30.3 Å². The van der Waals surface area contributed by atoms with Crippen molar-refractivity contribution in [2.75, 3.05) is 6.61 Å². The van der Waals surface area contributed by atoms with E-state index in [9.17, 15) is 8.78 Å². The molecule has 3 N–H and O–H groups in total. The minimum atomic E-state index is -3.36. The third kappa shape index (κ3) is 4.06. The van der Waals surface area contributed by atoms with Gasteiger partial charge in [-0.3, -0.25) is 0 Å². The van der Waals surface area contributed by atoms with Crippen molar-refractivity contribution in [2.24, 2.45) is 5.73 Å². The van der Waals surface area contributed by atoms with Gasteiger partial charge in [-0.05, 0) is 36.1 Å². The first-order chi connectivity index (χ1) is 10.8. The molecular formula is C18H21F2NO2. The summed E-state index contributed by atoms with van der Waals surface area (Å²) in [6, 6.07) is 11.3. The highest BCUT2D eigenvalue weighted by Crippen LogP contribution is 2.33. The maximum absolute atomic E-state index is 13.6. The molecule has 0 unspecified atom stereocenters. The van der Waals surface area contributed by atoms with E-state index in [1.165, 1.54) is 0 Å². The Balaban J connectivity index is 2.20. The highest BCUT2D eigenvalue weighted by Gasteiger charge is 2.37. The van der Waals surface area contributed by atoms with Gasteiger partial charge in [0.1, 0.15) is 19.0 Å². The molecule has 5 heteroatoms. The van der Waals surface area contributed by atoms with Gasteiger partial charge in [0.2, 0.25) is 0 Å². The van der Waals surface area contributed by atoms with Crippen molar-refractivity contribution in [3.63, 3.8) is 0 Å². The predicted molar refractivity (Wildman–Crippen MR) is 85.7 cm³/mol. The largest absolute Gasteiger partial charge is 0.488 e. The third-order valence-electron chi connectivity index (χ3n) is 3.73. The number of aryl methyl sites for hydroxylation is 2. The number of alkyl halides is 2. The molecule has 0 fully saturated rings. The predicted octanol–water partition coefficient (Wildman–Crippen LogP) is 3.51. The van der Waals surface area contributed by atoms with Gasteiger partial charge in [-0.2, -0.15) is 0 Å². The van der Waals surface area contributed by atoms with E-state index in [0.29, 0.717) is 12.4 Å². The summed E-state index contributed by atoms with van der Waals surface area (Å²) in [4.78, 5) is 0. The summed E-state index contributed by atoms with van der Waals surface area (Å²) in [7, 11) is 0. The molecule has 0 amide bonds. The Bertz CT molecular complexity index is 636. The topological polar surface area (TPSA) is 55.5 Å². The first kappa shape index (κ1) is 17.4. The van der Waals surface area contributed by atoms with E-state index in [-0.39, 0.29) is 5.56 Å². The van der Waals surface area contributed by atoms with Crippen LogP contribution in [0.1, 0.15) is 28.3 Å². The smallest absolute Gasteiger partial charge is 0.289 e. The third-order valence-corrected chi connectivity index (χ3v) is 3.73. The van der Waals surface area contributed by atoms with Gasteiger partial charge in [0.05, 0.1) is 6.04 Å². The van der Waals surface area contributed by atoms with Crippen LogP contribution in [0.15, 0.2) is 42.5 Å². The van der Waals surface area contributed by atoms with E-state index in [2.05, 4.69) is 0 Å². The molecule has 1 atom stereocenters. The minimum Gasteiger partial charge on any atom is -0.488 e. The van der Waals surface area contributed by atoms with Crippen LogP contribution in [0, 0.1) is 13.8 Å². The van der Waals surface area contributed by atoms with Crippen molar-refractivity contribution in [1.82, 2.24) is 0 Å². The van der Waals surface area contributed by atoms with E-state index >= 15 is 0 Å². The molecule has 0 saturated carbocycles. The second kappa shape index (κ2) is 7.06. The first-order valence-corrected chi connectivity index (χ1v) is 7.37. The molecule has 0 saturated heterocycles. The van der Waals surface area contributed by atoms with Crippen LogP contribution in [0.4, 0.5) is 8.78 Å². The van der Waals surface area contributed by atoms with Gasteiger partial charge in [0, 0.05) is 0 Å². The lowest BCUT2D eigenvalue weighted by Crippen LogP contribution is -2.36. The molecule has 0 aliphatic heterocycles. The van der Waals surface area contributed by atoms with E-state index < -0.39 is 18.6 Å². The lowest BCUT2D eigenvalue weighted by Gasteiger charge is -2.23. The number of halogens is 2. The number of ether oxygens (including phenoxy) is 1. The van der Waals surface area contributed by atoms with E-state index in [0.717, 1.165) is 16.7 Å². The number of hydrogen-bond donors (Lipinski definition) is 2. The Morgan fingerprint density at radius 2 is 1.70 bits per heavy atom. The highest BCUT2D eigenvalue weighted by molar-refractivity contribution is 5.44. The van der Waals surface area contributed by atoms with Gasteiger partial charge in [-0.15, -0.1) is 0 Å². The number of aliphatic hydroxyl groups excluding tert-OH is 1. The molecule has 2 aromatic carbocycles. The zero-order valence-electron chi connectivity index (χ0n) is 13.2. The standard InChI is InChI=1S/C18H21F2NO2/c1-12-8-15(17(21)18(19,20)11-22)9-13(2)16(12)23-10-14-6-4-3-5-7-14/h3-9,17,22H,10-11,21H2,1-2H3/t17-/m1/s1. The lowest BCUT2D eigenvalue weighted by atomic mass is 9.97. The average molecular weight is 321 g/mol. The molecular weight excluding hydrogens is 300 g/mol. The first-order valence-electron chi connectivity index (χ1n) is 7.37. The number of aliphatic hydroxyl groups is 1. The molecule has 2 aromatic rings. The van der Waals surface area contributed by atoms with Gasteiger partial charge in [0.15, 0.2) is 0 Å². The molecule has 0 radical (unpaired) electrons. The molecule has 3 nitrogen and oxygen atoms in total. The zero-order chi connectivity index (χ0) is 17.0. The average Bonchev–Trinajstić information content (AvgIpc) is 2.54. The summed E-state index contributed by atoms with van der Waals surface area (Å²) >= 11 is 0. The van der Waals surface area contributed by atoms with Crippen LogP contribution in [0.5, 0.6) is 5.75 Å². The molecule has 124 valence electrons. The van der Waals surface area contributed by atoms with Gasteiger partial charge < -0.3 is 15.6 Å². The second-order valence-corrected chi connectivity index (χ2v) is 5.65. The Labute approximate surface area is 134 Å². The normalized spacial score (nSPS) is 13.0. The summed E-state index contributed by atoms with van der Waals surface area (Å²) in [6.45, 7) is 2.71. The summed E-state index contributed by atoms with van der Waals surface area (Å²) in [5, 5.41) is 8.77. The maximum Gasteiger partial charge on any atom is 0.289 e. The molecule has 0 heterocycles. The van der Waals surface area contributed by atoms with Crippen LogP contribution >= 0.6 is 0 Å². The molecule has 0 spiro atoms. The Kier molecular flexibility index (Phi) is 5.34. The number of hydrogen-bond acceptors (Lipinski definition) is 3. The number of nitrogens with two attached hydrogens (primary N) is 1. The molecule has 0 aromatic heterocycles. The van der Waals surface area contributed by atoms with Crippen LogP contribution < -0.4 is 10.5 Å². The zero-order valence-corrected chi connectivity index (χ0v) is 13.2. The fourth-order valence-electron chi connectivity index (χ4n) is 2.46. The fourth-order valence-corrected chi connectivity index (χ4v) is 2.46. The maximum atomic E-state index is 13.6. The van der Waals surface area contributed by atoms with Crippen LogP contribution in [0.2, 0.25) is 0 Å². The van der Waals surface area contributed by atoms with Crippen molar-refractivity contribution in [3.05, 3.63) is 64.7 Å². The van der Waals surface area contributed by atoms with Crippen molar-refractivity contribution in [2.45, 2.75) is 32.4 Å². The minimum absolute atomic E-state index is 0.283. The van der Waals surface area contributed by atoms with Crippen LogP contribution in [0.25, 0.3) is 0 Å². The summed E-state index contributed by atoms with van der Waals surface area (Å²) in [6.07, 6.45) is 0. The second-order valence-electron chi connectivity index (χ2n) is 5.65. The molecule has 0 aliphatic carbocycles. The lowest BCUT2D eigenvalue weighted by molar-refractivity contribution is -0.0712. The number of benzene rings is 2. The van der Waals surface area contributed by atoms with Crippen LogP contribution in [-0.4, -0.2) is 17.6 Å². The SMILES string of the molecule is Cc1cc([C@@H](N)C(F)(F)CO)cc(C)c1OCc1ccccc1. The Morgan fingerprint density at radius 3 is 2.22 bits per heavy atom.